The van der Waals surface area contributed by atoms with Crippen LogP contribution in [0, 0.1) is 6.92 Å². The maximum Gasteiger partial charge on any atom is 0.319 e. The molecule has 0 aliphatic heterocycles. The molecule has 25 heavy (non-hydrogen) atoms. The molecule has 1 aromatic carbocycles. The Bertz CT molecular complexity index is 780. The average Bonchev–Trinajstić information content (AvgIpc) is 2.89. The van der Waals surface area contributed by atoms with E-state index in [4.69, 9.17) is 9.52 Å². The van der Waals surface area contributed by atoms with E-state index in [1.165, 1.54) is 0 Å². The van der Waals surface area contributed by atoms with E-state index in [-0.39, 0.29) is 24.7 Å². The minimum atomic E-state index is -0.819. The Labute approximate surface area is 146 Å². The van der Waals surface area contributed by atoms with Gasteiger partial charge in [-0.3, -0.25) is 9.69 Å². The van der Waals surface area contributed by atoms with Crippen molar-refractivity contribution in [3.8, 4) is 0 Å². The summed E-state index contributed by atoms with van der Waals surface area (Å²) in [6.07, 6.45) is 3.24. The zero-order chi connectivity index (χ0) is 18.0. The van der Waals surface area contributed by atoms with E-state index in [0.29, 0.717) is 12.2 Å². The summed E-state index contributed by atoms with van der Waals surface area (Å²) in [5.74, 6) is -0.819. The molecule has 0 spiro atoms. The van der Waals surface area contributed by atoms with E-state index in [9.17, 15) is 9.59 Å². The van der Waals surface area contributed by atoms with Crippen molar-refractivity contribution in [1.82, 2.24) is 10.2 Å². The quantitative estimate of drug-likeness (QED) is 0.748. The number of carbonyl (C=O) groups is 2. The lowest BCUT2D eigenvalue weighted by molar-refractivity contribution is -0.139. The molecule has 0 atom stereocenters. The number of carboxylic acids is 1. The van der Waals surface area contributed by atoms with Gasteiger partial charge < -0.3 is 20.2 Å². The Morgan fingerprint density at radius 2 is 2.12 bits per heavy atom. The van der Waals surface area contributed by atoms with Crippen LogP contribution in [0.2, 0.25) is 0 Å². The predicted molar refractivity (Wildman–Crippen MR) is 94.8 cm³/mol. The van der Waals surface area contributed by atoms with Gasteiger partial charge in [-0.1, -0.05) is 6.92 Å². The minimum absolute atomic E-state index is 0.0458. The summed E-state index contributed by atoms with van der Waals surface area (Å²) in [5, 5.41) is 15.7. The maximum atomic E-state index is 12.1. The Kier molecular flexibility index (Phi) is 4.94. The Hall–Kier alpha value is -2.54. The van der Waals surface area contributed by atoms with Crippen LogP contribution < -0.4 is 10.6 Å². The molecule has 2 amide bonds. The fraction of sp³-hybridized carbons (Fsp3) is 0.444. The first kappa shape index (κ1) is 17.3. The van der Waals surface area contributed by atoms with Crippen LogP contribution in [0.25, 0.3) is 11.0 Å². The summed E-state index contributed by atoms with van der Waals surface area (Å²) in [6.45, 7) is 4.65. The summed E-state index contributed by atoms with van der Waals surface area (Å²) < 4.78 is 5.40. The third kappa shape index (κ3) is 3.93. The number of amides is 2. The summed E-state index contributed by atoms with van der Waals surface area (Å²) in [5.41, 5.74) is 2.54. The number of nitrogens with one attached hydrogen (secondary N) is 2. The first-order valence-corrected chi connectivity index (χ1v) is 8.47. The topological polar surface area (TPSA) is 94.8 Å². The van der Waals surface area contributed by atoms with E-state index in [1.54, 1.807) is 12.3 Å². The molecular formula is C18H23N3O4. The van der Waals surface area contributed by atoms with Crippen molar-refractivity contribution in [2.45, 2.75) is 38.8 Å². The van der Waals surface area contributed by atoms with Crippen molar-refractivity contribution < 1.29 is 19.1 Å². The number of rotatable bonds is 6. The maximum absolute atomic E-state index is 12.1. The first-order valence-electron chi connectivity index (χ1n) is 8.47. The molecule has 0 bridgehead atoms. The second-order valence-electron chi connectivity index (χ2n) is 6.51. The Morgan fingerprint density at radius 3 is 2.80 bits per heavy atom. The van der Waals surface area contributed by atoms with Gasteiger partial charge in [-0.15, -0.1) is 0 Å². The van der Waals surface area contributed by atoms with Crippen LogP contribution in [0.1, 0.15) is 25.3 Å². The number of furan rings is 1. The highest BCUT2D eigenvalue weighted by Crippen LogP contribution is 2.26. The number of urea groups is 1. The highest BCUT2D eigenvalue weighted by Gasteiger charge is 2.34. The number of hydrogen-bond donors (Lipinski definition) is 3. The van der Waals surface area contributed by atoms with Gasteiger partial charge in [-0.2, -0.15) is 0 Å². The predicted octanol–water partition coefficient (Wildman–Crippen LogP) is 2.80. The van der Waals surface area contributed by atoms with E-state index in [1.807, 2.05) is 30.9 Å². The summed E-state index contributed by atoms with van der Waals surface area (Å²) >= 11 is 0. The Balaban J connectivity index is 1.50. The molecule has 1 aromatic heterocycles. The highest BCUT2D eigenvalue weighted by molar-refractivity contribution is 5.93. The zero-order valence-corrected chi connectivity index (χ0v) is 14.4. The van der Waals surface area contributed by atoms with E-state index >= 15 is 0 Å². The van der Waals surface area contributed by atoms with Crippen molar-refractivity contribution in [2.75, 3.05) is 18.4 Å². The van der Waals surface area contributed by atoms with Crippen LogP contribution >= 0.6 is 0 Å². The van der Waals surface area contributed by atoms with Gasteiger partial charge in [-0.25, -0.2) is 4.79 Å². The molecule has 0 saturated heterocycles. The average molecular weight is 345 g/mol. The van der Waals surface area contributed by atoms with Gasteiger partial charge in [0.25, 0.3) is 0 Å². The molecule has 7 heteroatoms. The van der Waals surface area contributed by atoms with Crippen LogP contribution in [0.4, 0.5) is 10.5 Å². The van der Waals surface area contributed by atoms with E-state index in [2.05, 4.69) is 10.6 Å². The fourth-order valence-electron chi connectivity index (χ4n) is 3.26. The Morgan fingerprint density at radius 1 is 1.36 bits per heavy atom. The molecule has 0 unspecified atom stereocenters. The van der Waals surface area contributed by atoms with Gasteiger partial charge in [-0.05, 0) is 50.1 Å². The van der Waals surface area contributed by atoms with Gasteiger partial charge in [0.2, 0.25) is 0 Å². The zero-order valence-electron chi connectivity index (χ0n) is 14.4. The molecule has 1 saturated carbocycles. The number of benzene rings is 1. The van der Waals surface area contributed by atoms with Gasteiger partial charge >= 0.3 is 12.0 Å². The number of likely N-dealkylation sites (N-methyl/N-ethyl adjacent to an activating group) is 1. The monoisotopic (exact) mass is 345 g/mol. The van der Waals surface area contributed by atoms with Crippen LogP contribution in [0.5, 0.6) is 0 Å². The first-order chi connectivity index (χ1) is 12.0. The normalized spacial score (nSPS) is 19.6. The molecule has 134 valence electrons. The fourth-order valence-corrected chi connectivity index (χ4v) is 3.26. The second-order valence-corrected chi connectivity index (χ2v) is 6.51. The number of aryl methyl sites for hydroxylation is 1. The van der Waals surface area contributed by atoms with Crippen molar-refractivity contribution in [3.63, 3.8) is 0 Å². The summed E-state index contributed by atoms with van der Waals surface area (Å²) in [6, 6.07) is 5.58. The van der Waals surface area contributed by atoms with E-state index in [0.717, 1.165) is 29.4 Å². The third-order valence-corrected chi connectivity index (χ3v) is 4.73. The van der Waals surface area contributed by atoms with Gasteiger partial charge in [0.05, 0.1) is 12.8 Å². The van der Waals surface area contributed by atoms with E-state index < -0.39 is 5.97 Å². The number of hydrogen-bond acceptors (Lipinski definition) is 4. The SMILES string of the molecule is CCN(CC(=O)O)C1CC(NC(=O)Nc2ccc3occ(C)c3c2)C1. The number of nitrogens with zero attached hydrogens (tertiary/aromatic N) is 1. The van der Waals surface area contributed by atoms with Crippen LogP contribution in [-0.2, 0) is 4.79 Å². The lowest BCUT2D eigenvalue weighted by Crippen LogP contribution is -2.55. The molecule has 1 heterocycles. The molecule has 2 aromatic rings. The van der Waals surface area contributed by atoms with Crippen molar-refractivity contribution >= 4 is 28.7 Å². The lowest BCUT2D eigenvalue weighted by Gasteiger charge is -2.42. The van der Waals surface area contributed by atoms with Crippen molar-refractivity contribution in [3.05, 3.63) is 30.0 Å². The minimum Gasteiger partial charge on any atom is -0.480 e. The molecule has 3 rings (SSSR count). The number of aliphatic carboxylic acids is 1. The molecule has 0 radical (unpaired) electrons. The molecule has 1 aliphatic carbocycles. The largest absolute Gasteiger partial charge is 0.480 e. The summed E-state index contributed by atoms with van der Waals surface area (Å²) in [4.78, 5) is 24.9. The molecule has 7 nitrogen and oxygen atoms in total. The van der Waals surface area contributed by atoms with Crippen LogP contribution in [-0.4, -0.2) is 47.2 Å². The molecule has 1 fully saturated rings. The summed E-state index contributed by atoms with van der Waals surface area (Å²) in [7, 11) is 0. The highest BCUT2D eigenvalue weighted by atomic mass is 16.4. The lowest BCUT2D eigenvalue weighted by atomic mass is 9.85. The standard InChI is InChI=1S/C18H23N3O4/c1-3-21(9-17(22)23)14-6-13(7-14)20-18(24)19-12-4-5-16-15(8-12)11(2)10-25-16/h4-5,8,10,13-14H,3,6-7,9H2,1-2H3,(H,22,23)(H2,19,20,24). The second kappa shape index (κ2) is 7.14. The number of carboxylic acid groups (broad SMARTS) is 1. The smallest absolute Gasteiger partial charge is 0.319 e. The number of fused-ring (bicyclic) bond motifs is 1. The number of anilines is 1. The van der Waals surface area contributed by atoms with Crippen LogP contribution in [0.3, 0.4) is 0 Å². The van der Waals surface area contributed by atoms with Gasteiger partial charge in [0.15, 0.2) is 0 Å². The van der Waals surface area contributed by atoms with Crippen molar-refractivity contribution in [1.29, 1.82) is 0 Å². The third-order valence-electron chi connectivity index (χ3n) is 4.73. The molecular weight excluding hydrogens is 322 g/mol. The number of carbonyl (C=O) groups excluding carboxylic acids is 1. The van der Waals surface area contributed by atoms with Gasteiger partial charge in [0.1, 0.15) is 5.58 Å². The van der Waals surface area contributed by atoms with Crippen molar-refractivity contribution in [2.24, 2.45) is 0 Å². The van der Waals surface area contributed by atoms with Gasteiger partial charge in [0, 0.05) is 23.2 Å². The molecule has 3 N–H and O–H groups in total. The van der Waals surface area contributed by atoms with Crippen LogP contribution in [0.15, 0.2) is 28.9 Å². The molecule has 1 aliphatic rings.